The second-order valence-corrected chi connectivity index (χ2v) is 8.47. The molecule has 0 aliphatic carbocycles. The largest absolute Gasteiger partial charge is 0.461 e. The lowest BCUT2D eigenvalue weighted by molar-refractivity contribution is 0.0943. The lowest BCUT2D eigenvalue weighted by Crippen LogP contribution is -2.26. The highest BCUT2D eigenvalue weighted by atomic mass is 32.1. The molecule has 1 unspecified atom stereocenters. The summed E-state index contributed by atoms with van der Waals surface area (Å²) >= 11 is 1.37. The van der Waals surface area contributed by atoms with Gasteiger partial charge in [0.05, 0.1) is 28.6 Å². The van der Waals surface area contributed by atoms with Crippen molar-refractivity contribution < 1.29 is 9.21 Å². The van der Waals surface area contributed by atoms with Gasteiger partial charge in [0.15, 0.2) is 11.6 Å². The molecule has 5 rings (SSSR count). The van der Waals surface area contributed by atoms with Gasteiger partial charge in [0.25, 0.3) is 5.91 Å². The molecule has 8 nitrogen and oxygen atoms in total. The van der Waals surface area contributed by atoms with Crippen LogP contribution in [-0.2, 0) is 0 Å². The summed E-state index contributed by atoms with van der Waals surface area (Å²) < 4.78 is 7.12. The third-order valence-electron chi connectivity index (χ3n) is 5.34. The Morgan fingerprint density at radius 2 is 1.97 bits per heavy atom. The average Bonchev–Trinajstić information content (AvgIpc) is 3.55. The topological polar surface area (TPSA) is 98.7 Å². The van der Waals surface area contributed by atoms with Crippen molar-refractivity contribution in [3.05, 3.63) is 77.0 Å². The molecule has 4 heterocycles. The summed E-state index contributed by atoms with van der Waals surface area (Å²) in [5.74, 6) is 1.00. The first-order valence-corrected chi connectivity index (χ1v) is 10.9. The van der Waals surface area contributed by atoms with Gasteiger partial charge in [-0.2, -0.15) is 5.10 Å². The summed E-state index contributed by atoms with van der Waals surface area (Å²) in [6.07, 6.45) is 4.73. The van der Waals surface area contributed by atoms with Crippen molar-refractivity contribution in [1.82, 2.24) is 30.0 Å². The van der Waals surface area contributed by atoms with Gasteiger partial charge in [0.1, 0.15) is 17.5 Å². The molecule has 32 heavy (non-hydrogen) atoms. The zero-order valence-corrected chi connectivity index (χ0v) is 18.6. The first-order chi connectivity index (χ1) is 15.5. The van der Waals surface area contributed by atoms with E-state index in [0.717, 1.165) is 32.7 Å². The van der Waals surface area contributed by atoms with Gasteiger partial charge in [0.2, 0.25) is 0 Å². The number of carbonyl (C=O) groups excluding carboxylic acids is 1. The van der Waals surface area contributed by atoms with Gasteiger partial charge in [-0.25, -0.2) is 19.6 Å². The van der Waals surface area contributed by atoms with Crippen LogP contribution in [0.5, 0.6) is 0 Å². The van der Waals surface area contributed by atoms with E-state index in [1.54, 1.807) is 23.3 Å². The predicted molar refractivity (Wildman–Crippen MR) is 122 cm³/mol. The standard InChI is InChI=1S/C23H20N6O2S/c1-13-19-15(3)26-21(18-5-4-10-31-18)28-23(19)32-20(13)22(30)27-14(2)16-6-8-17(9-7-16)29-12-24-11-25-29/h4-12,14H,1-3H3,(H,27,30). The van der Waals surface area contributed by atoms with E-state index in [9.17, 15) is 4.79 Å². The monoisotopic (exact) mass is 444 g/mol. The molecule has 0 spiro atoms. The minimum absolute atomic E-state index is 0.127. The van der Waals surface area contributed by atoms with Crippen LogP contribution < -0.4 is 5.32 Å². The highest BCUT2D eigenvalue weighted by Gasteiger charge is 2.21. The number of aromatic nitrogens is 5. The second kappa shape index (κ2) is 8.01. The Morgan fingerprint density at radius 1 is 1.16 bits per heavy atom. The molecular formula is C23H20N6O2S. The summed E-state index contributed by atoms with van der Waals surface area (Å²) in [5, 5.41) is 8.15. The highest BCUT2D eigenvalue weighted by Crippen LogP contribution is 2.33. The van der Waals surface area contributed by atoms with Gasteiger partial charge < -0.3 is 9.73 Å². The van der Waals surface area contributed by atoms with Crippen molar-refractivity contribution >= 4 is 27.5 Å². The fraction of sp³-hybridized carbons (Fsp3) is 0.174. The molecule has 0 aliphatic heterocycles. The number of thiophene rings is 1. The second-order valence-electron chi connectivity index (χ2n) is 7.47. The number of rotatable bonds is 5. The summed E-state index contributed by atoms with van der Waals surface area (Å²) in [5.41, 5.74) is 3.62. The maximum absolute atomic E-state index is 13.1. The zero-order chi connectivity index (χ0) is 22.2. The Bertz CT molecular complexity index is 1390. The zero-order valence-electron chi connectivity index (χ0n) is 17.7. The van der Waals surface area contributed by atoms with Gasteiger partial charge in [-0.15, -0.1) is 11.3 Å². The van der Waals surface area contributed by atoms with Crippen LogP contribution in [0.4, 0.5) is 0 Å². The Kier molecular flexibility index (Phi) is 5.02. The van der Waals surface area contributed by atoms with Crippen molar-refractivity contribution in [2.24, 2.45) is 0 Å². The van der Waals surface area contributed by atoms with Crippen molar-refractivity contribution in [2.75, 3.05) is 0 Å². The number of fused-ring (bicyclic) bond motifs is 1. The van der Waals surface area contributed by atoms with Crippen molar-refractivity contribution in [3.8, 4) is 17.3 Å². The first kappa shape index (κ1) is 20.1. The molecule has 160 valence electrons. The Hall–Kier alpha value is -3.85. The lowest BCUT2D eigenvalue weighted by atomic mass is 10.1. The molecule has 1 amide bonds. The smallest absolute Gasteiger partial charge is 0.262 e. The number of carbonyl (C=O) groups is 1. The minimum Gasteiger partial charge on any atom is -0.461 e. The molecular weight excluding hydrogens is 424 g/mol. The van der Waals surface area contributed by atoms with Crippen LogP contribution in [0, 0.1) is 13.8 Å². The van der Waals surface area contributed by atoms with Crippen LogP contribution >= 0.6 is 11.3 Å². The third-order valence-corrected chi connectivity index (χ3v) is 6.53. The Balaban J connectivity index is 1.39. The van der Waals surface area contributed by atoms with Crippen LogP contribution in [0.2, 0.25) is 0 Å². The Labute approximate surface area is 188 Å². The molecule has 1 atom stereocenters. The van der Waals surface area contributed by atoms with Gasteiger partial charge in [-0.1, -0.05) is 12.1 Å². The van der Waals surface area contributed by atoms with E-state index in [-0.39, 0.29) is 11.9 Å². The molecule has 0 saturated heterocycles. The van der Waals surface area contributed by atoms with E-state index in [1.807, 2.05) is 51.1 Å². The number of furan rings is 1. The van der Waals surface area contributed by atoms with Crippen LogP contribution in [0.25, 0.3) is 27.5 Å². The minimum atomic E-state index is -0.164. The number of nitrogens with one attached hydrogen (secondary N) is 1. The Morgan fingerprint density at radius 3 is 2.66 bits per heavy atom. The number of benzene rings is 1. The number of nitrogens with zero attached hydrogens (tertiary/aromatic N) is 5. The van der Waals surface area contributed by atoms with Crippen LogP contribution in [0.15, 0.2) is 59.7 Å². The third kappa shape index (κ3) is 3.56. The fourth-order valence-corrected chi connectivity index (χ4v) is 4.81. The van der Waals surface area contributed by atoms with Crippen LogP contribution in [-0.4, -0.2) is 30.6 Å². The maximum Gasteiger partial charge on any atom is 0.262 e. The number of amides is 1. The SMILES string of the molecule is Cc1nc(-c2ccco2)nc2sc(C(=O)NC(C)c3ccc(-n4cncn4)cc3)c(C)c12. The van der Waals surface area contributed by atoms with E-state index in [4.69, 9.17) is 4.42 Å². The highest BCUT2D eigenvalue weighted by molar-refractivity contribution is 7.20. The lowest BCUT2D eigenvalue weighted by Gasteiger charge is -2.14. The summed E-state index contributed by atoms with van der Waals surface area (Å²) in [6, 6.07) is 11.3. The average molecular weight is 445 g/mol. The molecule has 5 aromatic rings. The maximum atomic E-state index is 13.1. The van der Waals surface area contributed by atoms with Gasteiger partial charge in [0, 0.05) is 5.39 Å². The molecule has 4 aromatic heterocycles. The quantitative estimate of drug-likeness (QED) is 0.424. The first-order valence-electron chi connectivity index (χ1n) is 10.1. The molecule has 1 N–H and O–H groups in total. The molecule has 0 saturated carbocycles. The van der Waals surface area contributed by atoms with Crippen molar-refractivity contribution in [2.45, 2.75) is 26.8 Å². The summed E-state index contributed by atoms with van der Waals surface area (Å²) in [7, 11) is 0. The van der Waals surface area contributed by atoms with Crippen LogP contribution in [0.1, 0.15) is 39.5 Å². The van der Waals surface area contributed by atoms with E-state index < -0.39 is 0 Å². The summed E-state index contributed by atoms with van der Waals surface area (Å²) in [4.78, 5) is 27.7. The summed E-state index contributed by atoms with van der Waals surface area (Å²) in [6.45, 7) is 5.83. The number of hydrogen-bond acceptors (Lipinski definition) is 7. The fourth-order valence-electron chi connectivity index (χ4n) is 3.67. The van der Waals surface area contributed by atoms with Gasteiger partial charge in [-0.05, 0) is 56.2 Å². The predicted octanol–water partition coefficient (Wildman–Crippen LogP) is 4.64. The number of aryl methyl sites for hydroxylation is 2. The van der Waals surface area contributed by atoms with Crippen LogP contribution in [0.3, 0.4) is 0 Å². The molecule has 1 aromatic carbocycles. The van der Waals surface area contributed by atoms with E-state index >= 15 is 0 Å². The molecule has 0 radical (unpaired) electrons. The van der Waals surface area contributed by atoms with Gasteiger partial charge in [-0.3, -0.25) is 4.79 Å². The van der Waals surface area contributed by atoms with E-state index in [1.165, 1.54) is 17.7 Å². The van der Waals surface area contributed by atoms with E-state index in [2.05, 4.69) is 25.4 Å². The van der Waals surface area contributed by atoms with Gasteiger partial charge >= 0.3 is 0 Å². The molecule has 0 aliphatic rings. The molecule has 0 fully saturated rings. The van der Waals surface area contributed by atoms with Crippen molar-refractivity contribution in [3.63, 3.8) is 0 Å². The van der Waals surface area contributed by atoms with E-state index in [0.29, 0.717) is 16.5 Å². The number of hydrogen-bond donors (Lipinski definition) is 1. The molecule has 0 bridgehead atoms. The molecule has 9 heteroatoms. The van der Waals surface area contributed by atoms with Crippen molar-refractivity contribution in [1.29, 1.82) is 0 Å². The normalized spacial score (nSPS) is 12.2.